The van der Waals surface area contributed by atoms with Crippen molar-refractivity contribution in [3.05, 3.63) is 59.2 Å². The van der Waals surface area contributed by atoms with Gasteiger partial charge in [0.05, 0.1) is 0 Å². The summed E-state index contributed by atoms with van der Waals surface area (Å²) < 4.78 is 0. The average molecular weight is 392 g/mol. The summed E-state index contributed by atoms with van der Waals surface area (Å²) in [5, 5.41) is 31.9. The highest BCUT2D eigenvalue weighted by molar-refractivity contribution is 6.03. The van der Waals surface area contributed by atoms with Gasteiger partial charge in [-0.3, -0.25) is 4.79 Å². The topological polar surface area (TPSA) is 77.8 Å². The average Bonchev–Trinajstić information content (AvgIpc) is 3.02. The van der Waals surface area contributed by atoms with Crippen LogP contribution in [0.2, 0.25) is 0 Å². The number of carbonyl (C=O) groups excluding carboxylic acids is 1. The minimum Gasteiger partial charge on any atom is -0.504 e. The summed E-state index contributed by atoms with van der Waals surface area (Å²) in [6.07, 6.45) is 4.69. The van der Waals surface area contributed by atoms with Gasteiger partial charge in [-0.15, -0.1) is 0 Å². The molecule has 5 atom stereocenters. The van der Waals surface area contributed by atoms with E-state index in [9.17, 15) is 20.1 Å². The number of benzene rings is 2. The Labute approximate surface area is 171 Å². The first-order chi connectivity index (χ1) is 13.9. The standard InChI is InChI=1S/C25H28O4/c1-24-13-11-17-16-9-10-21(26)22(27)19(16)8-7-18(17)20(24)12-14-25(24,29)23(28)15-5-3-2-4-6-15/h2-6,9-10,17-18,20,26-27,29H,7-8,11-14H2,1H3/t17-,18-,20+,24+,25+/m1/s1. The fourth-order valence-corrected chi connectivity index (χ4v) is 6.85. The molecule has 2 aromatic rings. The third-order valence-corrected chi connectivity index (χ3v) is 8.43. The number of Topliss-reactive ketones (excluding diaryl/α,β-unsaturated/α-hetero) is 1. The highest BCUT2D eigenvalue weighted by atomic mass is 16.3. The maximum atomic E-state index is 13.4. The fraction of sp³-hybridized carbons (Fsp3) is 0.480. The largest absolute Gasteiger partial charge is 0.504 e. The maximum Gasteiger partial charge on any atom is 0.194 e. The molecule has 0 saturated heterocycles. The SMILES string of the molecule is C[C@]12CC[C@@H]3c4ccc(O)c(O)c4CC[C@H]3[C@@H]1CC[C@]2(O)C(=O)c1ccccc1. The number of carbonyl (C=O) groups is 1. The number of rotatable bonds is 2. The van der Waals surface area contributed by atoms with Gasteiger partial charge in [-0.25, -0.2) is 0 Å². The van der Waals surface area contributed by atoms with Crippen molar-refractivity contribution in [1.82, 2.24) is 0 Å². The molecule has 0 spiro atoms. The first-order valence-electron chi connectivity index (χ1n) is 10.7. The van der Waals surface area contributed by atoms with Gasteiger partial charge in [0, 0.05) is 16.5 Å². The molecule has 2 aromatic carbocycles. The van der Waals surface area contributed by atoms with Crippen LogP contribution >= 0.6 is 0 Å². The van der Waals surface area contributed by atoms with Gasteiger partial charge in [0.15, 0.2) is 17.3 Å². The van der Waals surface area contributed by atoms with E-state index in [0.29, 0.717) is 23.8 Å². The van der Waals surface area contributed by atoms with Gasteiger partial charge in [0.1, 0.15) is 5.60 Å². The van der Waals surface area contributed by atoms with Gasteiger partial charge < -0.3 is 15.3 Å². The lowest BCUT2D eigenvalue weighted by Crippen LogP contribution is -2.55. The van der Waals surface area contributed by atoms with Crippen molar-refractivity contribution < 1.29 is 20.1 Å². The van der Waals surface area contributed by atoms with Crippen LogP contribution in [0.15, 0.2) is 42.5 Å². The molecule has 0 unspecified atom stereocenters. The second kappa shape index (κ2) is 6.33. The maximum absolute atomic E-state index is 13.4. The smallest absolute Gasteiger partial charge is 0.194 e. The van der Waals surface area contributed by atoms with Crippen molar-refractivity contribution in [3.63, 3.8) is 0 Å². The second-order valence-corrected chi connectivity index (χ2v) is 9.47. The lowest BCUT2D eigenvalue weighted by Gasteiger charge is -2.52. The molecule has 2 saturated carbocycles. The third kappa shape index (κ3) is 2.45. The molecular weight excluding hydrogens is 364 g/mol. The van der Waals surface area contributed by atoms with Crippen molar-refractivity contribution in [2.24, 2.45) is 17.3 Å². The van der Waals surface area contributed by atoms with E-state index in [2.05, 4.69) is 6.92 Å². The number of aliphatic hydroxyl groups is 1. The fourth-order valence-electron chi connectivity index (χ4n) is 6.85. The van der Waals surface area contributed by atoms with Gasteiger partial charge in [0.25, 0.3) is 0 Å². The quantitative estimate of drug-likeness (QED) is 0.517. The number of hydrogen-bond donors (Lipinski definition) is 3. The highest BCUT2D eigenvalue weighted by Gasteiger charge is 2.64. The van der Waals surface area contributed by atoms with Crippen LogP contribution in [0.4, 0.5) is 0 Å². The van der Waals surface area contributed by atoms with Crippen LogP contribution < -0.4 is 0 Å². The molecule has 0 heterocycles. The number of phenols is 2. The zero-order valence-electron chi connectivity index (χ0n) is 16.8. The van der Waals surface area contributed by atoms with Crippen LogP contribution in [0.25, 0.3) is 0 Å². The molecule has 3 N–H and O–H groups in total. The monoisotopic (exact) mass is 392 g/mol. The summed E-state index contributed by atoms with van der Waals surface area (Å²) in [6.45, 7) is 2.12. The second-order valence-electron chi connectivity index (χ2n) is 9.47. The molecule has 0 aromatic heterocycles. The number of aromatic hydroxyl groups is 2. The molecule has 0 bridgehead atoms. The molecule has 5 rings (SSSR count). The van der Waals surface area contributed by atoms with Crippen molar-refractivity contribution in [1.29, 1.82) is 0 Å². The summed E-state index contributed by atoms with van der Waals surface area (Å²) in [5.74, 6) is 0.826. The Kier molecular flexibility index (Phi) is 4.08. The van der Waals surface area contributed by atoms with E-state index in [4.69, 9.17) is 0 Å². The van der Waals surface area contributed by atoms with E-state index in [-0.39, 0.29) is 23.2 Å². The molecule has 152 valence electrons. The Balaban J connectivity index is 1.50. The molecule has 3 aliphatic rings. The van der Waals surface area contributed by atoms with Gasteiger partial charge in [-0.1, -0.05) is 43.3 Å². The number of phenolic OH excluding ortho intramolecular Hbond substituents is 2. The van der Waals surface area contributed by atoms with Crippen molar-refractivity contribution in [2.75, 3.05) is 0 Å². The minimum absolute atomic E-state index is 0.0245. The normalized spacial score (nSPS) is 35.4. The first kappa shape index (κ1) is 18.7. The summed E-state index contributed by atoms with van der Waals surface area (Å²) in [7, 11) is 0. The molecule has 0 amide bonds. The van der Waals surface area contributed by atoms with Crippen molar-refractivity contribution >= 4 is 5.78 Å². The summed E-state index contributed by atoms with van der Waals surface area (Å²) in [6, 6.07) is 12.7. The van der Waals surface area contributed by atoms with E-state index in [1.807, 2.05) is 24.3 Å². The minimum atomic E-state index is -1.32. The number of hydrogen-bond acceptors (Lipinski definition) is 4. The molecule has 0 radical (unpaired) electrons. The van der Waals surface area contributed by atoms with Gasteiger partial charge in [0.2, 0.25) is 0 Å². The van der Waals surface area contributed by atoms with Crippen LogP contribution in [-0.2, 0) is 6.42 Å². The number of ketones is 1. The first-order valence-corrected chi connectivity index (χ1v) is 10.7. The van der Waals surface area contributed by atoms with Crippen LogP contribution in [-0.4, -0.2) is 26.7 Å². The summed E-state index contributed by atoms with van der Waals surface area (Å²) >= 11 is 0. The Morgan fingerprint density at radius 2 is 1.76 bits per heavy atom. The number of fused-ring (bicyclic) bond motifs is 5. The van der Waals surface area contributed by atoms with E-state index < -0.39 is 11.0 Å². The Hall–Kier alpha value is -2.33. The third-order valence-electron chi connectivity index (χ3n) is 8.43. The van der Waals surface area contributed by atoms with Crippen LogP contribution in [0, 0.1) is 17.3 Å². The van der Waals surface area contributed by atoms with Crippen LogP contribution in [0.5, 0.6) is 11.5 Å². The lowest BCUT2D eigenvalue weighted by molar-refractivity contribution is -0.0773. The molecular formula is C25H28O4. The summed E-state index contributed by atoms with van der Waals surface area (Å²) in [5.41, 5.74) is 0.860. The predicted octanol–water partition coefficient (Wildman–Crippen LogP) is 4.57. The Morgan fingerprint density at radius 1 is 1.00 bits per heavy atom. The molecule has 2 fully saturated rings. The molecule has 3 aliphatic carbocycles. The Bertz CT molecular complexity index is 968. The van der Waals surface area contributed by atoms with Gasteiger partial charge >= 0.3 is 0 Å². The van der Waals surface area contributed by atoms with E-state index in [1.54, 1.807) is 18.2 Å². The van der Waals surface area contributed by atoms with E-state index in [1.165, 1.54) is 0 Å². The lowest BCUT2D eigenvalue weighted by atomic mass is 9.52. The van der Waals surface area contributed by atoms with Crippen LogP contribution in [0.3, 0.4) is 0 Å². The zero-order chi connectivity index (χ0) is 20.4. The van der Waals surface area contributed by atoms with Crippen molar-refractivity contribution in [2.45, 2.75) is 57.0 Å². The molecule has 0 aliphatic heterocycles. The molecule has 4 nitrogen and oxygen atoms in total. The molecule has 4 heteroatoms. The summed E-state index contributed by atoms with van der Waals surface area (Å²) in [4.78, 5) is 13.4. The van der Waals surface area contributed by atoms with Gasteiger partial charge in [-0.05, 0) is 67.9 Å². The van der Waals surface area contributed by atoms with Crippen molar-refractivity contribution in [3.8, 4) is 11.5 Å². The van der Waals surface area contributed by atoms with Crippen LogP contribution in [0.1, 0.15) is 66.4 Å². The van der Waals surface area contributed by atoms with E-state index in [0.717, 1.165) is 43.2 Å². The van der Waals surface area contributed by atoms with Gasteiger partial charge in [-0.2, -0.15) is 0 Å². The van der Waals surface area contributed by atoms with E-state index >= 15 is 0 Å². The Morgan fingerprint density at radius 3 is 2.52 bits per heavy atom. The highest BCUT2D eigenvalue weighted by Crippen LogP contribution is 2.65. The molecule has 29 heavy (non-hydrogen) atoms. The zero-order valence-corrected chi connectivity index (χ0v) is 16.8. The predicted molar refractivity (Wildman–Crippen MR) is 110 cm³/mol.